The molecule has 1 fully saturated rings. The lowest BCUT2D eigenvalue weighted by Gasteiger charge is -2.27. The maximum absolute atomic E-state index is 12.5. The van der Waals surface area contributed by atoms with Crippen molar-refractivity contribution in [2.45, 2.75) is 51.2 Å². The summed E-state index contributed by atoms with van der Waals surface area (Å²) in [5.41, 5.74) is 0. The maximum Gasteiger partial charge on any atom is 0.317 e. The topological polar surface area (TPSA) is 89.7 Å². The van der Waals surface area contributed by atoms with E-state index in [0.29, 0.717) is 50.3 Å². The van der Waals surface area contributed by atoms with Crippen LogP contribution in [0, 0.1) is 0 Å². The maximum atomic E-state index is 12.5. The molecule has 1 N–H and O–H groups in total. The molecule has 4 rings (SSSR count). The second kappa shape index (κ2) is 8.50. The number of urea groups is 1. The molecule has 0 radical (unpaired) electrons. The summed E-state index contributed by atoms with van der Waals surface area (Å²) in [4.78, 5) is 18.6. The zero-order valence-electron chi connectivity index (χ0n) is 16.1. The molecule has 1 aromatic carbocycles. The second-order valence-corrected chi connectivity index (χ2v) is 7.21. The Morgan fingerprint density at radius 3 is 2.86 bits per heavy atom. The second-order valence-electron chi connectivity index (χ2n) is 7.21. The van der Waals surface area contributed by atoms with Crippen molar-refractivity contribution in [2.24, 2.45) is 0 Å². The first-order valence-electron chi connectivity index (χ1n) is 9.96. The number of aromatic nitrogens is 2. The van der Waals surface area contributed by atoms with E-state index in [2.05, 4.69) is 15.5 Å². The van der Waals surface area contributed by atoms with Crippen LogP contribution >= 0.6 is 0 Å². The Morgan fingerprint density at radius 1 is 1.29 bits per heavy atom. The normalized spacial score (nSPS) is 18.4. The molecule has 2 amide bonds. The number of nitrogens with one attached hydrogen (secondary N) is 1. The van der Waals surface area contributed by atoms with Gasteiger partial charge in [0.15, 0.2) is 17.3 Å². The lowest BCUT2D eigenvalue weighted by atomic mass is 9.85. The van der Waals surface area contributed by atoms with E-state index in [1.54, 1.807) is 4.90 Å². The molecule has 28 heavy (non-hydrogen) atoms. The molecule has 2 aliphatic rings. The zero-order chi connectivity index (χ0) is 19.3. The van der Waals surface area contributed by atoms with Gasteiger partial charge >= 0.3 is 6.03 Å². The number of carbonyl (C=O) groups is 1. The summed E-state index contributed by atoms with van der Waals surface area (Å²) in [7, 11) is 0. The fourth-order valence-corrected chi connectivity index (χ4v) is 3.31. The average Bonchev–Trinajstić information content (AvgIpc) is 3.12. The number of hydrogen-bond donors (Lipinski definition) is 1. The fraction of sp³-hybridized carbons (Fsp3) is 0.550. The highest BCUT2D eigenvalue weighted by molar-refractivity contribution is 5.74. The lowest BCUT2D eigenvalue weighted by Crippen LogP contribution is -2.41. The third kappa shape index (κ3) is 4.21. The van der Waals surface area contributed by atoms with Crippen LogP contribution in [0.3, 0.4) is 0 Å². The molecule has 1 aromatic heterocycles. The number of nitrogens with zero attached hydrogens (tertiary/aromatic N) is 3. The van der Waals surface area contributed by atoms with E-state index in [1.165, 1.54) is 6.42 Å². The van der Waals surface area contributed by atoms with Gasteiger partial charge in [-0.1, -0.05) is 23.7 Å². The van der Waals surface area contributed by atoms with Crippen LogP contribution in [0.4, 0.5) is 4.79 Å². The number of rotatable bonds is 7. The molecule has 1 aliphatic carbocycles. The Labute approximate surface area is 164 Å². The molecule has 8 nitrogen and oxygen atoms in total. The minimum Gasteiger partial charge on any atom is -0.486 e. The quantitative estimate of drug-likeness (QED) is 0.786. The van der Waals surface area contributed by atoms with E-state index in [1.807, 2.05) is 31.2 Å². The molecule has 150 valence electrons. The van der Waals surface area contributed by atoms with Crippen LogP contribution in [0.5, 0.6) is 11.5 Å². The van der Waals surface area contributed by atoms with Crippen LogP contribution in [-0.2, 0) is 6.54 Å². The summed E-state index contributed by atoms with van der Waals surface area (Å²) in [5.74, 6) is 3.17. The van der Waals surface area contributed by atoms with Crippen LogP contribution in [0.25, 0.3) is 0 Å². The predicted molar refractivity (Wildman–Crippen MR) is 101 cm³/mol. The van der Waals surface area contributed by atoms with Crippen molar-refractivity contribution in [3.8, 4) is 11.5 Å². The van der Waals surface area contributed by atoms with Crippen molar-refractivity contribution < 1.29 is 18.8 Å². The fourth-order valence-electron chi connectivity index (χ4n) is 3.31. The highest BCUT2D eigenvalue weighted by Crippen LogP contribution is 2.35. The highest BCUT2D eigenvalue weighted by atomic mass is 16.6. The summed E-state index contributed by atoms with van der Waals surface area (Å²) in [6.07, 6.45) is 4.03. The van der Waals surface area contributed by atoms with Gasteiger partial charge in [-0.05, 0) is 31.9 Å². The molecule has 1 aliphatic heterocycles. The highest BCUT2D eigenvalue weighted by Gasteiger charge is 2.26. The van der Waals surface area contributed by atoms with Gasteiger partial charge in [-0.25, -0.2) is 4.79 Å². The van der Waals surface area contributed by atoms with Crippen molar-refractivity contribution >= 4 is 6.03 Å². The number of para-hydroxylation sites is 2. The first kappa shape index (κ1) is 18.6. The summed E-state index contributed by atoms with van der Waals surface area (Å²) in [6.45, 7) is 3.83. The zero-order valence-corrected chi connectivity index (χ0v) is 16.1. The van der Waals surface area contributed by atoms with Gasteiger partial charge in [-0.3, -0.25) is 0 Å². The third-order valence-electron chi connectivity index (χ3n) is 5.25. The molecule has 1 saturated carbocycles. The van der Waals surface area contributed by atoms with Crippen molar-refractivity contribution in [3.63, 3.8) is 0 Å². The monoisotopic (exact) mass is 386 g/mol. The average molecular weight is 386 g/mol. The molecule has 8 heteroatoms. The minimum absolute atomic E-state index is 0.0764. The van der Waals surface area contributed by atoms with Crippen LogP contribution in [0.2, 0.25) is 0 Å². The first-order chi connectivity index (χ1) is 13.7. The molecular weight excluding hydrogens is 360 g/mol. The Kier molecular flexibility index (Phi) is 5.64. The summed E-state index contributed by atoms with van der Waals surface area (Å²) < 4.78 is 16.9. The van der Waals surface area contributed by atoms with Gasteiger partial charge in [-0.2, -0.15) is 4.98 Å². The van der Waals surface area contributed by atoms with Gasteiger partial charge in [0.25, 0.3) is 0 Å². The smallest absolute Gasteiger partial charge is 0.317 e. The van der Waals surface area contributed by atoms with Crippen molar-refractivity contribution in [1.29, 1.82) is 0 Å². The molecule has 2 heterocycles. The van der Waals surface area contributed by atoms with Crippen molar-refractivity contribution in [3.05, 3.63) is 36.0 Å². The number of amides is 2. The molecule has 1 atom stereocenters. The van der Waals surface area contributed by atoms with E-state index in [4.69, 9.17) is 14.0 Å². The number of ether oxygens (including phenoxy) is 2. The molecule has 0 bridgehead atoms. The number of hydrogen-bond acceptors (Lipinski definition) is 6. The van der Waals surface area contributed by atoms with E-state index >= 15 is 0 Å². The summed E-state index contributed by atoms with van der Waals surface area (Å²) >= 11 is 0. The van der Waals surface area contributed by atoms with Crippen LogP contribution in [0.1, 0.15) is 50.2 Å². The SMILES string of the molecule is CCN(Cc1noc(C2CCC2)n1)C(=O)NCC[C@@H]1COc2ccccc2O1. The third-order valence-corrected chi connectivity index (χ3v) is 5.25. The Balaban J connectivity index is 1.23. The van der Waals surface area contributed by atoms with Crippen molar-refractivity contribution in [1.82, 2.24) is 20.4 Å². The van der Waals surface area contributed by atoms with Gasteiger partial charge in [0.2, 0.25) is 5.89 Å². The van der Waals surface area contributed by atoms with E-state index < -0.39 is 0 Å². The Morgan fingerprint density at radius 2 is 2.11 bits per heavy atom. The lowest BCUT2D eigenvalue weighted by molar-refractivity contribution is 0.0849. The number of benzene rings is 1. The van der Waals surface area contributed by atoms with Gasteiger partial charge in [-0.15, -0.1) is 0 Å². The van der Waals surface area contributed by atoms with Crippen LogP contribution in [0.15, 0.2) is 28.8 Å². The van der Waals surface area contributed by atoms with E-state index in [9.17, 15) is 4.79 Å². The molecular formula is C20H26N4O4. The van der Waals surface area contributed by atoms with Crippen LogP contribution < -0.4 is 14.8 Å². The Hall–Kier alpha value is -2.77. The molecule has 0 spiro atoms. The van der Waals surface area contributed by atoms with Crippen molar-refractivity contribution in [2.75, 3.05) is 19.7 Å². The number of fused-ring (bicyclic) bond motifs is 1. The van der Waals surface area contributed by atoms with E-state index in [-0.39, 0.29) is 12.1 Å². The van der Waals surface area contributed by atoms with Crippen LogP contribution in [-0.4, -0.2) is 46.9 Å². The minimum atomic E-state index is -0.144. The van der Waals surface area contributed by atoms with Gasteiger partial charge in [0.1, 0.15) is 12.7 Å². The largest absolute Gasteiger partial charge is 0.486 e. The van der Waals surface area contributed by atoms with E-state index in [0.717, 1.165) is 24.3 Å². The molecule has 0 saturated heterocycles. The number of carbonyl (C=O) groups excluding carboxylic acids is 1. The first-order valence-corrected chi connectivity index (χ1v) is 9.96. The summed E-state index contributed by atoms with van der Waals surface area (Å²) in [6, 6.07) is 7.47. The molecule has 0 unspecified atom stereocenters. The van der Waals surface area contributed by atoms with Gasteiger partial charge in [0, 0.05) is 25.4 Å². The van der Waals surface area contributed by atoms with Gasteiger partial charge in [0.05, 0.1) is 6.54 Å². The standard InChI is InChI=1S/C20H26N4O4/c1-2-24(12-18-22-19(28-23-18)14-6-5-7-14)20(25)21-11-10-15-13-26-16-8-3-4-9-17(16)27-15/h3-4,8-9,14-15H,2,5-7,10-13H2,1H3,(H,21,25)/t15-/m1/s1. The molecule has 2 aromatic rings. The summed E-state index contributed by atoms with van der Waals surface area (Å²) in [5, 5.41) is 6.96. The predicted octanol–water partition coefficient (Wildman–Crippen LogP) is 3.10. The van der Waals surface area contributed by atoms with Gasteiger partial charge < -0.3 is 24.2 Å². The Bertz CT molecular complexity index is 805.